The molecule has 0 unspecified atom stereocenters. The number of hydrogen-bond acceptors (Lipinski definition) is 8. The number of nitrogens with zero attached hydrogens (tertiary/aromatic N) is 3. The standard InChI is InChI=1S/C26H26F7N3O6S/c1-43(39,40)36(42-24(38)26(31,32)33)23(37)18-11-17(16-4-5-16)22(12-20(18)27)41-14-15-6-9-35(10-7-15)13-21-19(25(28,29)30)3-2-8-34-21/h2-3,8,11-12,15-16H,4-7,9-10,13-14H2,1H3. The SMILES string of the molecule is CS(=O)(=O)N(OC(=O)C(F)(F)F)C(=O)c1cc(C2CC2)c(OCC2CCN(Cc3ncccc3C(F)(F)F)CC2)cc1F. The molecule has 2 aliphatic rings. The van der Waals surface area contributed by atoms with Crippen molar-refractivity contribution < 1.29 is 58.3 Å². The molecule has 4 rings (SSSR count). The minimum atomic E-state index is -5.63. The van der Waals surface area contributed by atoms with E-state index in [0.29, 0.717) is 50.6 Å². The van der Waals surface area contributed by atoms with Crippen LogP contribution in [0.1, 0.15) is 58.8 Å². The molecule has 2 aromatic rings. The van der Waals surface area contributed by atoms with Gasteiger partial charge < -0.3 is 9.57 Å². The van der Waals surface area contributed by atoms with Crippen LogP contribution in [0.25, 0.3) is 0 Å². The highest BCUT2D eigenvalue weighted by atomic mass is 32.2. The van der Waals surface area contributed by atoms with E-state index < -0.39 is 55.7 Å². The number of pyridine rings is 1. The molecule has 1 aromatic heterocycles. The summed E-state index contributed by atoms with van der Waals surface area (Å²) in [4.78, 5) is 33.5. The van der Waals surface area contributed by atoms with Crippen LogP contribution in [-0.4, -0.2) is 66.8 Å². The van der Waals surface area contributed by atoms with Crippen molar-refractivity contribution in [2.75, 3.05) is 26.0 Å². The van der Waals surface area contributed by atoms with Crippen molar-refractivity contribution in [2.45, 2.75) is 50.5 Å². The number of rotatable bonds is 8. The predicted molar refractivity (Wildman–Crippen MR) is 134 cm³/mol. The lowest BCUT2D eigenvalue weighted by Crippen LogP contribution is -2.42. The van der Waals surface area contributed by atoms with Crippen molar-refractivity contribution in [1.82, 2.24) is 14.4 Å². The van der Waals surface area contributed by atoms with Crippen LogP contribution in [-0.2, 0) is 32.4 Å². The summed E-state index contributed by atoms with van der Waals surface area (Å²) in [5, 5.41) is 0. The molecule has 43 heavy (non-hydrogen) atoms. The number of carbonyl (C=O) groups excluding carboxylic acids is 2. The summed E-state index contributed by atoms with van der Waals surface area (Å²) < 4.78 is 122. The Morgan fingerprint density at radius 3 is 2.28 bits per heavy atom. The first-order valence-corrected chi connectivity index (χ1v) is 14.8. The number of likely N-dealkylation sites (tertiary alicyclic amines) is 1. The third kappa shape index (κ3) is 8.13. The van der Waals surface area contributed by atoms with Crippen LogP contribution in [0, 0.1) is 11.7 Å². The van der Waals surface area contributed by atoms with Crippen molar-refractivity contribution in [1.29, 1.82) is 0 Å². The highest BCUT2D eigenvalue weighted by molar-refractivity contribution is 7.88. The van der Waals surface area contributed by atoms with Crippen LogP contribution in [0.2, 0.25) is 0 Å². The first kappa shape index (κ1) is 32.4. The number of hydroxylamine groups is 1. The van der Waals surface area contributed by atoms with Crippen LogP contribution in [0.15, 0.2) is 30.5 Å². The second-order valence-corrected chi connectivity index (χ2v) is 12.1. The molecule has 0 radical (unpaired) electrons. The van der Waals surface area contributed by atoms with Crippen LogP contribution in [0.3, 0.4) is 0 Å². The quantitative estimate of drug-likeness (QED) is 0.298. The van der Waals surface area contributed by atoms with E-state index >= 15 is 4.39 Å². The molecule has 0 atom stereocenters. The van der Waals surface area contributed by atoms with Gasteiger partial charge in [0.1, 0.15) is 11.6 Å². The summed E-state index contributed by atoms with van der Waals surface area (Å²) in [5.41, 5.74) is -1.48. The Kier molecular flexibility index (Phi) is 9.25. The minimum absolute atomic E-state index is 0.0125. The van der Waals surface area contributed by atoms with E-state index in [2.05, 4.69) is 9.82 Å². The number of hydrogen-bond donors (Lipinski definition) is 0. The summed E-state index contributed by atoms with van der Waals surface area (Å²) in [6, 6.07) is 3.99. The second kappa shape index (κ2) is 12.3. The fourth-order valence-corrected chi connectivity index (χ4v) is 5.21. The Labute approximate surface area is 241 Å². The number of alkyl halides is 6. The van der Waals surface area contributed by atoms with Gasteiger partial charge in [-0.1, -0.05) is 4.47 Å². The van der Waals surface area contributed by atoms with E-state index in [1.54, 1.807) is 0 Å². The Bertz CT molecular complexity index is 1470. The highest BCUT2D eigenvalue weighted by Gasteiger charge is 2.46. The van der Waals surface area contributed by atoms with E-state index in [1.807, 2.05) is 4.90 Å². The molecule has 0 bridgehead atoms. The van der Waals surface area contributed by atoms with Crippen molar-refractivity contribution in [2.24, 2.45) is 5.92 Å². The third-order valence-corrected chi connectivity index (χ3v) is 7.80. The molecule has 17 heteroatoms. The number of halogens is 7. The molecule has 1 saturated heterocycles. The van der Waals surface area contributed by atoms with Crippen molar-refractivity contribution >= 4 is 21.9 Å². The van der Waals surface area contributed by atoms with Crippen molar-refractivity contribution in [3.05, 3.63) is 58.7 Å². The monoisotopic (exact) mass is 641 g/mol. The lowest BCUT2D eigenvalue weighted by molar-refractivity contribution is -0.216. The van der Waals surface area contributed by atoms with E-state index in [0.717, 1.165) is 18.2 Å². The Balaban J connectivity index is 1.43. The van der Waals surface area contributed by atoms with Crippen molar-refractivity contribution in [3.63, 3.8) is 0 Å². The molecule has 1 aromatic carbocycles. The lowest BCUT2D eigenvalue weighted by Gasteiger charge is -2.32. The van der Waals surface area contributed by atoms with Crippen LogP contribution in [0.4, 0.5) is 30.7 Å². The number of aromatic nitrogens is 1. The molecule has 0 N–H and O–H groups in total. The zero-order valence-corrected chi connectivity index (χ0v) is 23.4. The highest BCUT2D eigenvalue weighted by Crippen LogP contribution is 2.45. The molecular weight excluding hydrogens is 615 g/mol. The first-order chi connectivity index (χ1) is 19.9. The smallest absolute Gasteiger partial charge is 0.493 e. The van der Waals surface area contributed by atoms with Gasteiger partial charge in [-0.05, 0) is 74.4 Å². The number of amides is 1. The second-order valence-electron chi connectivity index (χ2n) is 10.3. The van der Waals surface area contributed by atoms with E-state index in [4.69, 9.17) is 4.74 Å². The van der Waals surface area contributed by atoms with Gasteiger partial charge in [0.2, 0.25) is 0 Å². The number of piperidine rings is 1. The number of sulfonamides is 1. The van der Waals surface area contributed by atoms with Gasteiger partial charge in [-0.15, -0.1) is 0 Å². The topological polar surface area (TPSA) is 106 Å². The van der Waals surface area contributed by atoms with E-state index in [9.17, 15) is 44.3 Å². The van der Waals surface area contributed by atoms with Crippen LogP contribution in [0.5, 0.6) is 5.75 Å². The number of carbonyl (C=O) groups is 2. The number of ether oxygens (including phenoxy) is 1. The summed E-state index contributed by atoms with van der Waals surface area (Å²) in [7, 11) is -4.89. The summed E-state index contributed by atoms with van der Waals surface area (Å²) in [6.07, 6.45) is -6.18. The third-order valence-electron chi connectivity index (χ3n) is 6.96. The molecule has 1 aliphatic heterocycles. The van der Waals surface area contributed by atoms with E-state index in [-0.39, 0.29) is 36.4 Å². The average molecular weight is 642 g/mol. The molecule has 2 heterocycles. The molecule has 0 spiro atoms. The predicted octanol–water partition coefficient (Wildman–Crippen LogP) is 4.83. The molecule has 9 nitrogen and oxygen atoms in total. The van der Waals surface area contributed by atoms with Crippen molar-refractivity contribution in [3.8, 4) is 5.75 Å². The first-order valence-electron chi connectivity index (χ1n) is 13.0. The average Bonchev–Trinajstić information content (AvgIpc) is 3.75. The maximum absolute atomic E-state index is 15.0. The molecule has 236 valence electrons. The van der Waals surface area contributed by atoms with Gasteiger partial charge in [-0.2, -0.15) is 26.3 Å². The summed E-state index contributed by atoms with van der Waals surface area (Å²) in [5.74, 6) is -6.30. The normalized spacial score (nSPS) is 17.0. The van der Waals surface area contributed by atoms with Crippen LogP contribution >= 0.6 is 0 Å². The van der Waals surface area contributed by atoms with Gasteiger partial charge in [-0.25, -0.2) is 17.6 Å². The van der Waals surface area contributed by atoms with Gasteiger partial charge in [0.25, 0.3) is 10.0 Å². The van der Waals surface area contributed by atoms with Gasteiger partial charge >= 0.3 is 24.2 Å². The minimum Gasteiger partial charge on any atom is -0.493 e. The van der Waals surface area contributed by atoms with Gasteiger partial charge in [-0.3, -0.25) is 14.7 Å². The Morgan fingerprint density at radius 2 is 1.72 bits per heavy atom. The van der Waals surface area contributed by atoms with Gasteiger partial charge in [0, 0.05) is 18.8 Å². The number of benzene rings is 1. The summed E-state index contributed by atoms with van der Waals surface area (Å²) in [6.45, 7) is 1.03. The van der Waals surface area contributed by atoms with Gasteiger partial charge in [0.15, 0.2) is 0 Å². The van der Waals surface area contributed by atoms with Crippen LogP contribution < -0.4 is 4.74 Å². The Hall–Kier alpha value is -3.47. The Morgan fingerprint density at radius 1 is 1.07 bits per heavy atom. The zero-order chi connectivity index (χ0) is 31.7. The molecule has 1 saturated carbocycles. The molecule has 1 amide bonds. The van der Waals surface area contributed by atoms with Gasteiger partial charge in [0.05, 0.1) is 29.7 Å². The molecular formula is C26H26F7N3O6S. The molecule has 2 fully saturated rings. The van der Waals surface area contributed by atoms with E-state index in [1.165, 1.54) is 12.3 Å². The maximum Gasteiger partial charge on any atom is 0.493 e. The summed E-state index contributed by atoms with van der Waals surface area (Å²) >= 11 is 0. The zero-order valence-electron chi connectivity index (χ0n) is 22.5. The molecule has 1 aliphatic carbocycles. The maximum atomic E-state index is 15.0. The largest absolute Gasteiger partial charge is 0.493 e. The fourth-order valence-electron chi connectivity index (χ4n) is 4.61. The fraction of sp³-hybridized carbons (Fsp3) is 0.500. The lowest BCUT2D eigenvalue weighted by atomic mass is 9.97.